The van der Waals surface area contributed by atoms with E-state index in [1.165, 1.54) is 7.11 Å². The van der Waals surface area contributed by atoms with Crippen LogP contribution in [-0.4, -0.2) is 52.2 Å². The first kappa shape index (κ1) is 16.4. The molecule has 24 heavy (non-hydrogen) atoms. The van der Waals surface area contributed by atoms with Crippen molar-refractivity contribution in [2.24, 2.45) is 0 Å². The van der Waals surface area contributed by atoms with Gasteiger partial charge < -0.3 is 18.9 Å². The van der Waals surface area contributed by atoms with Crippen LogP contribution in [0.3, 0.4) is 0 Å². The van der Waals surface area contributed by atoms with Gasteiger partial charge in [-0.25, -0.2) is 4.98 Å². The fourth-order valence-corrected chi connectivity index (χ4v) is 3.01. The largest absolute Gasteiger partial charge is 0.492 e. The summed E-state index contributed by atoms with van der Waals surface area (Å²) in [6, 6.07) is 3.69. The zero-order valence-corrected chi connectivity index (χ0v) is 14.0. The van der Waals surface area contributed by atoms with E-state index in [-0.39, 0.29) is 18.6 Å². The molecule has 1 atom stereocenters. The molecule has 0 radical (unpaired) electrons. The van der Waals surface area contributed by atoms with Crippen LogP contribution in [0.2, 0.25) is 0 Å². The van der Waals surface area contributed by atoms with Crippen LogP contribution in [0.25, 0.3) is 0 Å². The molecule has 1 aliphatic heterocycles. The summed E-state index contributed by atoms with van der Waals surface area (Å²) in [6.07, 6.45) is 6.06. The van der Waals surface area contributed by atoms with E-state index in [1.54, 1.807) is 12.4 Å². The SMILES string of the molecule is COCC(=O)N1CCn2c(CCOc3cccnc3)cnc2[C@@H]1C. The summed E-state index contributed by atoms with van der Waals surface area (Å²) >= 11 is 0. The Kier molecular flexibility index (Phi) is 5.10. The minimum atomic E-state index is -0.0469. The van der Waals surface area contributed by atoms with E-state index in [0.717, 1.165) is 30.2 Å². The van der Waals surface area contributed by atoms with Crippen LogP contribution < -0.4 is 4.74 Å². The van der Waals surface area contributed by atoms with Crippen LogP contribution in [0.15, 0.2) is 30.7 Å². The smallest absolute Gasteiger partial charge is 0.249 e. The monoisotopic (exact) mass is 330 g/mol. The van der Waals surface area contributed by atoms with Crippen molar-refractivity contribution in [2.45, 2.75) is 25.9 Å². The highest BCUT2D eigenvalue weighted by molar-refractivity contribution is 5.78. The van der Waals surface area contributed by atoms with Gasteiger partial charge in [-0.1, -0.05) is 0 Å². The maximum Gasteiger partial charge on any atom is 0.249 e. The van der Waals surface area contributed by atoms with E-state index in [0.29, 0.717) is 13.2 Å². The quantitative estimate of drug-likeness (QED) is 0.802. The van der Waals surface area contributed by atoms with E-state index in [2.05, 4.69) is 14.5 Å². The highest BCUT2D eigenvalue weighted by atomic mass is 16.5. The predicted molar refractivity (Wildman–Crippen MR) is 87.7 cm³/mol. The Labute approximate surface area is 141 Å². The van der Waals surface area contributed by atoms with Gasteiger partial charge in [0.1, 0.15) is 18.2 Å². The second kappa shape index (κ2) is 7.44. The second-order valence-corrected chi connectivity index (χ2v) is 5.74. The Morgan fingerprint density at radius 3 is 3.00 bits per heavy atom. The molecule has 2 aromatic heterocycles. The van der Waals surface area contributed by atoms with E-state index in [9.17, 15) is 4.79 Å². The molecule has 0 spiro atoms. The van der Waals surface area contributed by atoms with Crippen molar-refractivity contribution in [2.75, 3.05) is 26.9 Å². The average Bonchev–Trinajstić information content (AvgIpc) is 3.00. The summed E-state index contributed by atoms with van der Waals surface area (Å²) < 4.78 is 12.8. The number of hydrogen-bond acceptors (Lipinski definition) is 5. The Morgan fingerprint density at radius 2 is 2.25 bits per heavy atom. The molecular weight excluding hydrogens is 308 g/mol. The first-order valence-corrected chi connectivity index (χ1v) is 8.06. The number of rotatable bonds is 6. The van der Waals surface area contributed by atoms with Crippen LogP contribution in [0.5, 0.6) is 5.75 Å². The van der Waals surface area contributed by atoms with Crippen molar-refractivity contribution >= 4 is 5.91 Å². The molecule has 0 saturated carbocycles. The Balaban J connectivity index is 1.63. The Hall–Kier alpha value is -2.41. The van der Waals surface area contributed by atoms with Crippen molar-refractivity contribution in [3.05, 3.63) is 42.2 Å². The van der Waals surface area contributed by atoms with Gasteiger partial charge in [0.05, 0.1) is 18.8 Å². The fraction of sp³-hybridized carbons (Fsp3) is 0.471. The third-order valence-electron chi connectivity index (χ3n) is 4.22. The van der Waals surface area contributed by atoms with Gasteiger partial charge >= 0.3 is 0 Å². The lowest BCUT2D eigenvalue weighted by molar-refractivity contribution is -0.138. The summed E-state index contributed by atoms with van der Waals surface area (Å²) in [7, 11) is 1.54. The second-order valence-electron chi connectivity index (χ2n) is 5.74. The van der Waals surface area contributed by atoms with Gasteiger partial charge in [0.25, 0.3) is 0 Å². The van der Waals surface area contributed by atoms with Gasteiger partial charge in [0.2, 0.25) is 5.91 Å². The molecule has 128 valence electrons. The minimum absolute atomic E-state index is 0.000658. The molecule has 0 N–H and O–H groups in total. The number of pyridine rings is 1. The number of hydrogen-bond donors (Lipinski definition) is 0. The van der Waals surface area contributed by atoms with E-state index < -0.39 is 0 Å². The standard InChI is InChI=1S/C17H22N4O3/c1-13-17-19-10-14(5-9-24-15-4-3-6-18-11-15)21(17)8-7-20(13)16(22)12-23-2/h3-4,6,10-11,13H,5,7-9,12H2,1-2H3/t13-/m0/s1. The molecule has 1 aliphatic rings. The summed E-state index contributed by atoms with van der Waals surface area (Å²) in [4.78, 5) is 22.5. The number of carbonyl (C=O) groups is 1. The molecule has 3 rings (SSSR count). The number of ether oxygens (including phenoxy) is 2. The van der Waals surface area contributed by atoms with Crippen molar-refractivity contribution in [3.63, 3.8) is 0 Å². The number of amides is 1. The van der Waals surface area contributed by atoms with Gasteiger partial charge in [-0.2, -0.15) is 0 Å². The lowest BCUT2D eigenvalue weighted by Gasteiger charge is -2.34. The number of methoxy groups -OCH3 is 1. The summed E-state index contributed by atoms with van der Waals surface area (Å²) in [5, 5.41) is 0. The van der Waals surface area contributed by atoms with Gasteiger partial charge in [-0.3, -0.25) is 9.78 Å². The molecule has 3 heterocycles. The Bertz CT molecular complexity index is 686. The van der Waals surface area contributed by atoms with Crippen LogP contribution in [0.4, 0.5) is 0 Å². The Morgan fingerprint density at radius 1 is 1.38 bits per heavy atom. The molecule has 0 bridgehead atoms. The van der Waals surface area contributed by atoms with Gasteiger partial charge in [-0.15, -0.1) is 0 Å². The summed E-state index contributed by atoms with van der Waals surface area (Å²) in [5.41, 5.74) is 1.12. The number of carbonyl (C=O) groups excluding carboxylic acids is 1. The summed E-state index contributed by atoms with van der Waals surface area (Å²) in [6.45, 7) is 4.09. The number of fused-ring (bicyclic) bond motifs is 1. The van der Waals surface area contributed by atoms with Crippen LogP contribution in [-0.2, 0) is 22.5 Å². The van der Waals surface area contributed by atoms with Crippen molar-refractivity contribution < 1.29 is 14.3 Å². The third-order valence-corrected chi connectivity index (χ3v) is 4.22. The van der Waals surface area contributed by atoms with Gasteiger partial charge in [0, 0.05) is 44.7 Å². The van der Waals surface area contributed by atoms with Crippen molar-refractivity contribution in [1.29, 1.82) is 0 Å². The first-order valence-electron chi connectivity index (χ1n) is 8.06. The number of aromatic nitrogens is 3. The maximum absolute atomic E-state index is 12.1. The lowest BCUT2D eigenvalue weighted by atomic mass is 10.2. The van der Waals surface area contributed by atoms with Crippen molar-refractivity contribution in [1.82, 2.24) is 19.4 Å². The van der Waals surface area contributed by atoms with Crippen LogP contribution >= 0.6 is 0 Å². The normalized spacial score (nSPS) is 16.8. The highest BCUT2D eigenvalue weighted by Gasteiger charge is 2.29. The zero-order valence-electron chi connectivity index (χ0n) is 14.0. The van der Waals surface area contributed by atoms with E-state index in [4.69, 9.17) is 9.47 Å². The molecule has 1 amide bonds. The maximum atomic E-state index is 12.1. The lowest BCUT2D eigenvalue weighted by Crippen LogP contribution is -2.43. The summed E-state index contributed by atoms with van der Waals surface area (Å²) in [5.74, 6) is 1.68. The molecule has 0 fully saturated rings. The highest BCUT2D eigenvalue weighted by Crippen LogP contribution is 2.25. The molecule has 2 aromatic rings. The number of nitrogens with zero attached hydrogens (tertiary/aromatic N) is 4. The molecule has 0 unspecified atom stereocenters. The topological polar surface area (TPSA) is 69.5 Å². The molecular formula is C17H22N4O3. The zero-order chi connectivity index (χ0) is 16.9. The van der Waals surface area contributed by atoms with Gasteiger partial charge in [-0.05, 0) is 19.1 Å². The van der Waals surface area contributed by atoms with Crippen molar-refractivity contribution in [3.8, 4) is 5.75 Å². The molecule has 0 aromatic carbocycles. The molecule has 0 aliphatic carbocycles. The first-order chi connectivity index (χ1) is 11.7. The molecule has 7 nitrogen and oxygen atoms in total. The fourth-order valence-electron chi connectivity index (χ4n) is 3.01. The number of imidazole rings is 1. The van der Waals surface area contributed by atoms with E-state index in [1.807, 2.05) is 30.2 Å². The molecule has 0 saturated heterocycles. The van der Waals surface area contributed by atoms with Crippen LogP contribution in [0, 0.1) is 0 Å². The van der Waals surface area contributed by atoms with E-state index >= 15 is 0 Å². The third kappa shape index (κ3) is 3.41. The minimum Gasteiger partial charge on any atom is -0.492 e. The predicted octanol–water partition coefficient (Wildman–Crippen LogP) is 1.45. The van der Waals surface area contributed by atoms with Gasteiger partial charge in [0.15, 0.2) is 0 Å². The molecule has 7 heteroatoms. The van der Waals surface area contributed by atoms with Crippen LogP contribution in [0.1, 0.15) is 24.5 Å². The average molecular weight is 330 g/mol.